The number of piperidine rings is 2. The summed E-state index contributed by atoms with van der Waals surface area (Å²) in [6.45, 7) is 19.4. The standard InChI is InChI=1S/C25H45FN2O2/c1-22(2,24(5)8-12-27(13-9-24)20-16-29-17-20)6-7-23(3,4)25(26)10-14-28(15-11-25)21-18-30-19-21/h20-21H,6-19H2,1-5H3. The summed E-state index contributed by atoms with van der Waals surface area (Å²) in [6.07, 6.45) is 5.92. The van der Waals surface area contributed by atoms with E-state index in [0.717, 1.165) is 52.4 Å². The molecule has 0 spiro atoms. The molecule has 0 amide bonds. The third-order valence-electron chi connectivity index (χ3n) is 9.99. The number of alkyl halides is 1. The molecule has 0 unspecified atom stereocenters. The van der Waals surface area contributed by atoms with Gasteiger partial charge in [0.15, 0.2) is 0 Å². The Morgan fingerprint density at radius 3 is 1.53 bits per heavy atom. The molecule has 4 rings (SSSR count). The van der Waals surface area contributed by atoms with Crippen LogP contribution in [0.1, 0.15) is 73.1 Å². The maximum atomic E-state index is 16.1. The Labute approximate surface area is 183 Å². The van der Waals surface area contributed by atoms with Crippen molar-refractivity contribution in [3.8, 4) is 0 Å². The first-order valence-electron chi connectivity index (χ1n) is 12.4. The molecular formula is C25H45FN2O2. The summed E-state index contributed by atoms with van der Waals surface area (Å²) in [5.41, 5.74) is -0.750. The van der Waals surface area contributed by atoms with Gasteiger partial charge in [-0.1, -0.05) is 34.6 Å². The van der Waals surface area contributed by atoms with Crippen LogP contribution < -0.4 is 0 Å². The van der Waals surface area contributed by atoms with Crippen molar-refractivity contribution < 1.29 is 13.9 Å². The van der Waals surface area contributed by atoms with Gasteiger partial charge in [0.1, 0.15) is 5.67 Å². The van der Waals surface area contributed by atoms with Crippen LogP contribution in [0.15, 0.2) is 0 Å². The Kier molecular flexibility index (Phi) is 6.33. The second kappa shape index (κ2) is 8.28. The molecule has 0 atom stereocenters. The molecule has 0 radical (unpaired) electrons. The molecule has 4 heterocycles. The van der Waals surface area contributed by atoms with Crippen molar-refractivity contribution in [1.29, 1.82) is 0 Å². The Hall–Kier alpha value is -0.230. The van der Waals surface area contributed by atoms with E-state index in [0.29, 0.717) is 30.3 Å². The molecule has 0 bridgehead atoms. The summed E-state index contributed by atoms with van der Waals surface area (Å²) in [6, 6.07) is 1.19. The predicted octanol–water partition coefficient (Wildman–Crippen LogP) is 4.52. The number of hydrogen-bond donors (Lipinski definition) is 0. The Balaban J connectivity index is 1.30. The van der Waals surface area contributed by atoms with E-state index >= 15 is 4.39 Å². The first-order valence-corrected chi connectivity index (χ1v) is 12.4. The molecule has 4 saturated heterocycles. The van der Waals surface area contributed by atoms with Gasteiger partial charge < -0.3 is 9.47 Å². The van der Waals surface area contributed by atoms with Crippen molar-refractivity contribution in [3.63, 3.8) is 0 Å². The number of likely N-dealkylation sites (tertiary alicyclic amines) is 2. The molecule has 174 valence electrons. The van der Waals surface area contributed by atoms with E-state index < -0.39 is 5.67 Å². The van der Waals surface area contributed by atoms with Crippen LogP contribution >= 0.6 is 0 Å². The lowest BCUT2D eigenvalue weighted by molar-refractivity contribution is -0.111. The molecule has 30 heavy (non-hydrogen) atoms. The van der Waals surface area contributed by atoms with Crippen LogP contribution in [-0.2, 0) is 9.47 Å². The summed E-state index contributed by atoms with van der Waals surface area (Å²) in [5.74, 6) is 0. The molecule has 0 aromatic rings. The van der Waals surface area contributed by atoms with Gasteiger partial charge in [-0.25, -0.2) is 4.39 Å². The summed E-state index contributed by atoms with van der Waals surface area (Å²) in [4.78, 5) is 5.08. The van der Waals surface area contributed by atoms with Crippen molar-refractivity contribution in [2.75, 3.05) is 52.6 Å². The fraction of sp³-hybridized carbons (Fsp3) is 1.00. The topological polar surface area (TPSA) is 24.9 Å². The van der Waals surface area contributed by atoms with E-state index in [1.54, 1.807) is 0 Å². The molecule has 4 nitrogen and oxygen atoms in total. The number of nitrogens with zero attached hydrogens (tertiary/aromatic N) is 2. The first kappa shape index (κ1) is 22.9. The van der Waals surface area contributed by atoms with E-state index in [9.17, 15) is 0 Å². The van der Waals surface area contributed by atoms with Crippen molar-refractivity contribution in [1.82, 2.24) is 9.80 Å². The minimum Gasteiger partial charge on any atom is -0.378 e. The molecule has 4 fully saturated rings. The van der Waals surface area contributed by atoms with Crippen LogP contribution in [0.5, 0.6) is 0 Å². The van der Waals surface area contributed by atoms with Crippen LogP contribution in [0.4, 0.5) is 4.39 Å². The van der Waals surface area contributed by atoms with Crippen molar-refractivity contribution in [2.24, 2.45) is 16.2 Å². The molecule has 0 saturated carbocycles. The van der Waals surface area contributed by atoms with Gasteiger partial charge in [0.25, 0.3) is 0 Å². The Bertz CT molecular complexity index is 532. The largest absolute Gasteiger partial charge is 0.378 e. The summed E-state index contributed by atoms with van der Waals surface area (Å²) in [7, 11) is 0. The summed E-state index contributed by atoms with van der Waals surface area (Å²) in [5, 5.41) is 0. The summed E-state index contributed by atoms with van der Waals surface area (Å²) >= 11 is 0. The zero-order chi connectivity index (χ0) is 21.6. The molecular weight excluding hydrogens is 379 g/mol. The highest BCUT2D eigenvalue weighted by atomic mass is 19.1. The molecule has 0 aromatic heterocycles. The smallest absolute Gasteiger partial charge is 0.118 e. The average molecular weight is 425 g/mol. The Morgan fingerprint density at radius 1 is 0.733 bits per heavy atom. The monoisotopic (exact) mass is 424 g/mol. The van der Waals surface area contributed by atoms with E-state index in [4.69, 9.17) is 9.47 Å². The molecule has 4 aliphatic heterocycles. The Morgan fingerprint density at radius 2 is 1.13 bits per heavy atom. The molecule has 4 aliphatic rings. The zero-order valence-corrected chi connectivity index (χ0v) is 20.1. The zero-order valence-electron chi connectivity index (χ0n) is 20.1. The number of halogens is 1. The molecule has 0 aliphatic carbocycles. The normalized spacial score (nSPS) is 29.4. The first-order chi connectivity index (χ1) is 14.1. The highest BCUT2D eigenvalue weighted by Crippen LogP contribution is 2.53. The third kappa shape index (κ3) is 4.21. The van der Waals surface area contributed by atoms with E-state index in [1.165, 1.54) is 25.9 Å². The second-order valence-corrected chi connectivity index (χ2v) is 12.2. The van der Waals surface area contributed by atoms with Crippen molar-refractivity contribution in [3.05, 3.63) is 0 Å². The fourth-order valence-corrected chi connectivity index (χ4v) is 6.00. The fourth-order valence-electron chi connectivity index (χ4n) is 6.00. The van der Waals surface area contributed by atoms with Crippen LogP contribution in [-0.4, -0.2) is 80.2 Å². The van der Waals surface area contributed by atoms with Crippen LogP contribution in [0.2, 0.25) is 0 Å². The van der Waals surface area contributed by atoms with Gasteiger partial charge in [-0.2, -0.15) is 0 Å². The van der Waals surface area contributed by atoms with Crippen molar-refractivity contribution in [2.45, 2.75) is 90.9 Å². The van der Waals surface area contributed by atoms with Crippen molar-refractivity contribution >= 4 is 0 Å². The molecule has 0 N–H and O–H groups in total. The highest BCUT2D eigenvalue weighted by Gasteiger charge is 2.50. The van der Waals surface area contributed by atoms with Crippen LogP contribution in [0.3, 0.4) is 0 Å². The van der Waals surface area contributed by atoms with Gasteiger partial charge >= 0.3 is 0 Å². The SMILES string of the molecule is CC(C)(CCC(C)(C)C1(F)CCN(C2COC2)CC1)C1(C)CCN(C2COC2)CC1. The minimum absolute atomic E-state index is 0.229. The van der Waals surface area contributed by atoms with Gasteiger partial charge in [-0.05, 0) is 67.9 Å². The van der Waals surface area contributed by atoms with Gasteiger partial charge in [0, 0.05) is 13.1 Å². The maximum absolute atomic E-state index is 16.1. The third-order valence-corrected chi connectivity index (χ3v) is 9.99. The highest BCUT2D eigenvalue weighted by molar-refractivity contribution is 5.01. The maximum Gasteiger partial charge on any atom is 0.118 e. The van der Waals surface area contributed by atoms with Gasteiger partial charge in [-0.3, -0.25) is 9.80 Å². The number of rotatable bonds is 7. The van der Waals surface area contributed by atoms with Gasteiger partial charge in [0.05, 0.1) is 38.5 Å². The lowest BCUT2D eigenvalue weighted by Gasteiger charge is -2.53. The van der Waals surface area contributed by atoms with Gasteiger partial charge in [0.2, 0.25) is 0 Å². The number of ether oxygens (including phenoxy) is 2. The minimum atomic E-state index is -1.04. The lowest BCUT2D eigenvalue weighted by atomic mass is 9.57. The summed E-state index contributed by atoms with van der Waals surface area (Å²) < 4.78 is 26.9. The average Bonchev–Trinajstić information content (AvgIpc) is 2.61. The molecule has 5 heteroatoms. The lowest BCUT2D eigenvalue weighted by Crippen LogP contribution is -2.57. The van der Waals surface area contributed by atoms with E-state index in [1.807, 2.05) is 0 Å². The quantitative estimate of drug-likeness (QED) is 0.600. The van der Waals surface area contributed by atoms with E-state index in [2.05, 4.69) is 44.4 Å². The van der Waals surface area contributed by atoms with Crippen LogP contribution in [0, 0.1) is 16.2 Å². The second-order valence-electron chi connectivity index (χ2n) is 12.2. The number of hydrogen-bond acceptors (Lipinski definition) is 4. The van der Waals surface area contributed by atoms with E-state index in [-0.39, 0.29) is 10.8 Å². The predicted molar refractivity (Wildman–Crippen MR) is 120 cm³/mol. The molecule has 0 aromatic carbocycles. The van der Waals surface area contributed by atoms with Crippen LogP contribution in [0.25, 0.3) is 0 Å². The van der Waals surface area contributed by atoms with Gasteiger partial charge in [-0.15, -0.1) is 0 Å².